The summed E-state index contributed by atoms with van der Waals surface area (Å²) in [6.45, 7) is 3.53. The molecule has 0 aliphatic heterocycles. The Morgan fingerprint density at radius 1 is 1.15 bits per heavy atom. The third kappa shape index (κ3) is 3.82. The van der Waals surface area contributed by atoms with Crippen molar-refractivity contribution in [1.82, 2.24) is 5.32 Å². The maximum absolute atomic E-state index is 11.5. The predicted molar refractivity (Wildman–Crippen MR) is 108 cm³/mol. The summed E-state index contributed by atoms with van der Waals surface area (Å²) in [4.78, 5) is 11.5. The van der Waals surface area contributed by atoms with E-state index in [0.717, 1.165) is 22.4 Å². The van der Waals surface area contributed by atoms with Gasteiger partial charge in [0.2, 0.25) is 5.91 Å². The van der Waals surface area contributed by atoms with Gasteiger partial charge in [-0.05, 0) is 36.3 Å². The molecule has 4 nitrogen and oxygen atoms in total. The van der Waals surface area contributed by atoms with E-state index in [4.69, 9.17) is 17.3 Å². The van der Waals surface area contributed by atoms with E-state index in [1.165, 1.54) is 6.92 Å². The number of hydrogen-bond acceptors (Lipinski definition) is 3. The topological polar surface area (TPSA) is 67.2 Å². The first kappa shape index (κ1) is 18.2. The molecule has 1 amide bonds. The zero-order chi connectivity index (χ0) is 18.7. The van der Waals surface area contributed by atoms with E-state index < -0.39 is 5.66 Å². The monoisotopic (exact) mass is 367 g/mol. The zero-order valence-corrected chi connectivity index (χ0v) is 15.5. The highest BCUT2D eigenvalue weighted by atomic mass is 35.5. The standard InChI is InChI=1S/C21H22ClN3O/c1-14-7-3-4-8-17(14)18-11-10-16(13-19(18)22)25-21(23)12-6-5-9-20(21)24-15(2)26/h3-13,20,25H,23H2,1-2H3,(H,24,26). The molecule has 5 heteroatoms. The highest BCUT2D eigenvalue weighted by molar-refractivity contribution is 6.33. The lowest BCUT2D eigenvalue weighted by atomic mass is 9.95. The number of aryl methyl sites for hydroxylation is 1. The number of allylic oxidation sites excluding steroid dienone is 2. The third-order valence-corrected chi connectivity index (χ3v) is 4.74. The van der Waals surface area contributed by atoms with Gasteiger partial charge >= 0.3 is 0 Å². The number of benzene rings is 2. The van der Waals surface area contributed by atoms with Gasteiger partial charge in [0.25, 0.3) is 0 Å². The molecule has 2 atom stereocenters. The number of nitrogens with one attached hydrogen (secondary N) is 2. The van der Waals surface area contributed by atoms with Crippen LogP contribution >= 0.6 is 11.6 Å². The summed E-state index contributed by atoms with van der Waals surface area (Å²) in [7, 11) is 0. The number of amides is 1. The minimum atomic E-state index is -0.937. The second-order valence-corrected chi connectivity index (χ2v) is 6.90. The Labute approximate surface area is 158 Å². The molecule has 26 heavy (non-hydrogen) atoms. The molecule has 2 unspecified atom stereocenters. The highest BCUT2D eigenvalue weighted by Gasteiger charge is 2.33. The molecular weight excluding hydrogens is 346 g/mol. The van der Waals surface area contributed by atoms with Crippen LogP contribution in [-0.2, 0) is 4.79 Å². The molecular formula is C21H22ClN3O. The van der Waals surface area contributed by atoms with Gasteiger partial charge in [-0.2, -0.15) is 0 Å². The Morgan fingerprint density at radius 3 is 2.62 bits per heavy atom. The zero-order valence-electron chi connectivity index (χ0n) is 14.8. The van der Waals surface area contributed by atoms with Crippen molar-refractivity contribution in [2.24, 2.45) is 5.73 Å². The fourth-order valence-corrected chi connectivity index (χ4v) is 3.38. The van der Waals surface area contributed by atoms with Crippen molar-refractivity contribution in [2.75, 3.05) is 5.32 Å². The van der Waals surface area contributed by atoms with Gasteiger partial charge in [0.1, 0.15) is 5.66 Å². The second-order valence-electron chi connectivity index (χ2n) is 6.49. The fraction of sp³-hybridized carbons (Fsp3) is 0.190. The minimum Gasteiger partial charge on any atom is -0.362 e. The quantitative estimate of drug-likeness (QED) is 0.715. The molecule has 0 saturated carbocycles. The van der Waals surface area contributed by atoms with Crippen LogP contribution in [0.3, 0.4) is 0 Å². The van der Waals surface area contributed by atoms with Crippen molar-refractivity contribution in [3.8, 4) is 11.1 Å². The molecule has 0 heterocycles. The van der Waals surface area contributed by atoms with Crippen LogP contribution in [0.25, 0.3) is 11.1 Å². The van der Waals surface area contributed by atoms with Crippen molar-refractivity contribution < 1.29 is 4.79 Å². The average molecular weight is 368 g/mol. The number of rotatable bonds is 4. The molecule has 1 aliphatic carbocycles. The summed E-state index contributed by atoms with van der Waals surface area (Å²) in [5.74, 6) is -0.139. The van der Waals surface area contributed by atoms with E-state index in [-0.39, 0.29) is 11.9 Å². The maximum Gasteiger partial charge on any atom is 0.217 e. The third-order valence-electron chi connectivity index (χ3n) is 4.43. The van der Waals surface area contributed by atoms with E-state index in [9.17, 15) is 4.79 Å². The van der Waals surface area contributed by atoms with Gasteiger partial charge < -0.3 is 16.4 Å². The van der Waals surface area contributed by atoms with Crippen LogP contribution in [0.4, 0.5) is 5.69 Å². The van der Waals surface area contributed by atoms with Gasteiger partial charge in [0.15, 0.2) is 0 Å². The molecule has 0 saturated heterocycles. The van der Waals surface area contributed by atoms with E-state index in [0.29, 0.717) is 5.02 Å². The van der Waals surface area contributed by atoms with E-state index in [1.54, 1.807) is 0 Å². The van der Waals surface area contributed by atoms with E-state index >= 15 is 0 Å². The number of nitrogens with two attached hydrogens (primary N) is 1. The van der Waals surface area contributed by atoms with Crippen LogP contribution in [0.1, 0.15) is 12.5 Å². The van der Waals surface area contributed by atoms with Crippen molar-refractivity contribution in [3.05, 3.63) is 77.4 Å². The summed E-state index contributed by atoms with van der Waals surface area (Å²) >= 11 is 6.54. The number of carbonyl (C=O) groups is 1. The average Bonchev–Trinajstić information content (AvgIpc) is 2.58. The van der Waals surface area contributed by atoms with Crippen LogP contribution in [-0.4, -0.2) is 17.6 Å². The Bertz CT molecular complexity index is 891. The summed E-state index contributed by atoms with van der Waals surface area (Å²) in [6, 6.07) is 13.5. The molecule has 0 fully saturated rings. The second kappa shape index (κ2) is 7.36. The minimum absolute atomic E-state index is 0.139. The largest absolute Gasteiger partial charge is 0.362 e. The molecule has 0 spiro atoms. The van der Waals surface area contributed by atoms with Crippen LogP contribution in [0.2, 0.25) is 5.02 Å². The Balaban J connectivity index is 1.88. The highest BCUT2D eigenvalue weighted by Crippen LogP contribution is 2.33. The van der Waals surface area contributed by atoms with E-state index in [1.807, 2.05) is 54.6 Å². The molecule has 0 radical (unpaired) electrons. The van der Waals surface area contributed by atoms with E-state index in [2.05, 4.69) is 29.7 Å². The summed E-state index contributed by atoms with van der Waals surface area (Å²) in [5, 5.41) is 6.78. The Hall–Kier alpha value is -2.56. The Kier molecular flexibility index (Phi) is 5.16. The van der Waals surface area contributed by atoms with Crippen molar-refractivity contribution >= 4 is 23.2 Å². The number of hydrogen-bond donors (Lipinski definition) is 3. The predicted octanol–water partition coefficient (Wildman–Crippen LogP) is 4.01. The fourth-order valence-electron chi connectivity index (χ4n) is 3.10. The van der Waals surface area contributed by atoms with Crippen LogP contribution in [0.15, 0.2) is 66.8 Å². The first-order chi connectivity index (χ1) is 12.4. The normalized spacial score (nSPS) is 21.5. The van der Waals surface area contributed by atoms with Gasteiger partial charge in [-0.3, -0.25) is 4.79 Å². The summed E-state index contributed by atoms with van der Waals surface area (Å²) in [5.41, 5.74) is 9.58. The molecule has 1 aliphatic rings. The summed E-state index contributed by atoms with van der Waals surface area (Å²) < 4.78 is 0. The lowest BCUT2D eigenvalue weighted by molar-refractivity contribution is -0.119. The van der Waals surface area contributed by atoms with Gasteiger partial charge in [-0.25, -0.2) is 0 Å². The molecule has 0 bridgehead atoms. The van der Waals surface area contributed by atoms with Gasteiger partial charge in [-0.15, -0.1) is 0 Å². The molecule has 2 aromatic carbocycles. The molecule has 3 rings (SSSR count). The molecule has 4 N–H and O–H groups in total. The maximum atomic E-state index is 11.5. The summed E-state index contributed by atoms with van der Waals surface area (Å²) in [6.07, 6.45) is 7.41. The van der Waals surface area contributed by atoms with Gasteiger partial charge in [-0.1, -0.05) is 60.2 Å². The molecule has 2 aromatic rings. The lowest BCUT2D eigenvalue weighted by Crippen LogP contribution is -2.61. The lowest BCUT2D eigenvalue weighted by Gasteiger charge is -2.37. The van der Waals surface area contributed by atoms with Crippen molar-refractivity contribution in [2.45, 2.75) is 25.6 Å². The first-order valence-electron chi connectivity index (χ1n) is 8.45. The first-order valence-corrected chi connectivity index (χ1v) is 8.82. The Morgan fingerprint density at radius 2 is 1.92 bits per heavy atom. The van der Waals surface area contributed by atoms with Gasteiger partial charge in [0, 0.05) is 18.2 Å². The molecule has 134 valence electrons. The van der Waals surface area contributed by atoms with Crippen molar-refractivity contribution in [1.29, 1.82) is 0 Å². The number of carbonyl (C=O) groups excluding carboxylic acids is 1. The SMILES string of the molecule is CC(=O)NC1C=CC=CC1(N)Nc1ccc(-c2ccccc2C)c(Cl)c1. The smallest absolute Gasteiger partial charge is 0.217 e. The number of anilines is 1. The van der Waals surface area contributed by atoms with Crippen molar-refractivity contribution in [3.63, 3.8) is 0 Å². The van der Waals surface area contributed by atoms with Crippen LogP contribution in [0.5, 0.6) is 0 Å². The number of halogens is 1. The molecule has 0 aromatic heterocycles. The van der Waals surface area contributed by atoms with Gasteiger partial charge in [0.05, 0.1) is 11.1 Å². The van der Waals surface area contributed by atoms with Crippen LogP contribution in [0, 0.1) is 6.92 Å². The van der Waals surface area contributed by atoms with Crippen LogP contribution < -0.4 is 16.4 Å².